The first-order valence-corrected chi connectivity index (χ1v) is 15.9. The minimum absolute atomic E-state index is 0.467. The van der Waals surface area contributed by atoms with E-state index in [2.05, 4.69) is 148 Å². The van der Waals surface area contributed by atoms with Crippen LogP contribution in [0.15, 0.2) is 107 Å². The highest BCUT2D eigenvalue weighted by molar-refractivity contribution is 5.14. The van der Waals surface area contributed by atoms with Gasteiger partial charge in [0, 0.05) is 0 Å². The fourth-order valence-corrected chi connectivity index (χ4v) is 4.25. The van der Waals surface area contributed by atoms with E-state index in [0.717, 1.165) is 19.3 Å². The summed E-state index contributed by atoms with van der Waals surface area (Å²) in [6, 6.07) is 0. The van der Waals surface area contributed by atoms with Crippen LogP contribution in [0.1, 0.15) is 127 Å². The molecular weight excluding hydrogens is 480 g/mol. The second-order valence-corrected chi connectivity index (χ2v) is 12.5. The first kappa shape index (κ1) is 37.7. The minimum atomic E-state index is 0.467. The van der Waals surface area contributed by atoms with Crippen LogP contribution in [-0.2, 0) is 0 Å². The van der Waals surface area contributed by atoms with Gasteiger partial charge in [-0.25, -0.2) is 0 Å². The van der Waals surface area contributed by atoms with Gasteiger partial charge >= 0.3 is 0 Å². The van der Waals surface area contributed by atoms with Gasteiger partial charge in [-0.05, 0) is 124 Å². The van der Waals surface area contributed by atoms with Crippen molar-refractivity contribution in [2.24, 2.45) is 17.8 Å². The van der Waals surface area contributed by atoms with Gasteiger partial charge in [0.25, 0.3) is 0 Å². The van der Waals surface area contributed by atoms with Crippen molar-refractivity contribution >= 4 is 0 Å². The molecule has 40 heavy (non-hydrogen) atoms. The van der Waals surface area contributed by atoms with E-state index in [0.29, 0.717) is 17.8 Å². The van der Waals surface area contributed by atoms with Crippen LogP contribution in [0, 0.1) is 17.8 Å². The van der Waals surface area contributed by atoms with Gasteiger partial charge in [-0.3, -0.25) is 0 Å². The molecule has 0 saturated carbocycles. The number of hydrogen-bond donors (Lipinski definition) is 0. The van der Waals surface area contributed by atoms with Crippen LogP contribution in [-0.4, -0.2) is 0 Å². The zero-order valence-corrected chi connectivity index (χ0v) is 28.1. The van der Waals surface area contributed by atoms with E-state index >= 15 is 0 Å². The molecule has 0 aliphatic rings. The van der Waals surface area contributed by atoms with E-state index in [1.807, 2.05) is 0 Å². The van der Waals surface area contributed by atoms with Crippen LogP contribution in [0.5, 0.6) is 0 Å². The Morgan fingerprint density at radius 1 is 0.500 bits per heavy atom. The highest BCUT2D eigenvalue weighted by atomic mass is 14.0. The summed E-state index contributed by atoms with van der Waals surface area (Å²) in [4.78, 5) is 0. The average Bonchev–Trinajstić information content (AvgIpc) is 2.86. The molecule has 0 aliphatic heterocycles. The SMILES string of the molecule is CC(C)=CCC/C(C)=C/C=C/C(C)/C=C/CC(C)/C=C/C=C/C(C)CC/C=C(\C)CC/C=C(\C)CCC=C(C)C. The molecule has 0 radical (unpaired) electrons. The molecule has 3 unspecified atom stereocenters. The standard InChI is InChI=1S/C40H64/c1-33(2)19-13-23-37(7)27-17-31-39(9)29-15-25-35(5)21-11-12-22-36(6)26-16-30-40(10)32-18-28-38(8)24-14-20-34(3)4/h11-12,15,17,19-22,27-31,35-36,39H,13-14,16,18,23-26,32H2,1-10H3/b21-11+,22-12+,29-15+,31-17+,37-27+,38-28+,40-30+. The molecule has 0 amide bonds. The Bertz CT molecular complexity index is 927. The van der Waals surface area contributed by atoms with Gasteiger partial charge in [-0.1, -0.05) is 128 Å². The Morgan fingerprint density at radius 3 is 1.57 bits per heavy atom. The Morgan fingerprint density at radius 2 is 1.00 bits per heavy atom. The lowest BCUT2D eigenvalue weighted by atomic mass is 10.0. The van der Waals surface area contributed by atoms with Crippen LogP contribution in [0.2, 0.25) is 0 Å². The summed E-state index contributed by atoms with van der Waals surface area (Å²) in [5, 5.41) is 0. The highest BCUT2D eigenvalue weighted by Crippen LogP contribution is 2.15. The lowest BCUT2D eigenvalue weighted by Crippen LogP contribution is -1.89. The van der Waals surface area contributed by atoms with Gasteiger partial charge in [0.15, 0.2) is 0 Å². The summed E-state index contributed by atoms with van der Waals surface area (Å²) >= 11 is 0. The monoisotopic (exact) mass is 545 g/mol. The number of hydrogen-bond acceptors (Lipinski definition) is 0. The largest absolute Gasteiger partial charge is 0.0874 e. The van der Waals surface area contributed by atoms with Crippen molar-refractivity contribution in [1.29, 1.82) is 0 Å². The van der Waals surface area contributed by atoms with Crippen molar-refractivity contribution in [2.75, 3.05) is 0 Å². The third kappa shape index (κ3) is 25.9. The predicted molar refractivity (Wildman–Crippen MR) is 186 cm³/mol. The molecule has 0 aromatic heterocycles. The molecule has 0 aromatic rings. The summed E-state index contributed by atoms with van der Waals surface area (Å²) in [5.41, 5.74) is 7.31. The highest BCUT2D eigenvalue weighted by Gasteiger charge is 1.97. The molecule has 0 heterocycles. The molecule has 0 aromatic carbocycles. The topological polar surface area (TPSA) is 0 Å². The van der Waals surface area contributed by atoms with Crippen molar-refractivity contribution in [2.45, 2.75) is 127 Å². The zero-order valence-electron chi connectivity index (χ0n) is 28.1. The molecule has 0 fully saturated rings. The van der Waals surface area contributed by atoms with E-state index in [-0.39, 0.29) is 0 Å². The van der Waals surface area contributed by atoms with E-state index in [1.165, 1.54) is 66.4 Å². The fourth-order valence-electron chi connectivity index (χ4n) is 4.25. The van der Waals surface area contributed by atoms with Crippen LogP contribution in [0.25, 0.3) is 0 Å². The van der Waals surface area contributed by atoms with Gasteiger partial charge in [0.2, 0.25) is 0 Å². The summed E-state index contributed by atoms with van der Waals surface area (Å²) in [6.45, 7) is 22.3. The van der Waals surface area contributed by atoms with Gasteiger partial charge in [0.05, 0.1) is 0 Å². The molecule has 3 atom stereocenters. The van der Waals surface area contributed by atoms with E-state index < -0.39 is 0 Å². The van der Waals surface area contributed by atoms with E-state index in [4.69, 9.17) is 0 Å². The molecule has 0 nitrogen and oxygen atoms in total. The zero-order chi connectivity index (χ0) is 30.2. The first-order valence-electron chi connectivity index (χ1n) is 15.9. The Kier molecular flexibility index (Phi) is 23.0. The van der Waals surface area contributed by atoms with Crippen molar-refractivity contribution < 1.29 is 0 Å². The van der Waals surface area contributed by atoms with Crippen LogP contribution < -0.4 is 0 Å². The Balaban J connectivity index is 4.24. The molecule has 0 saturated heterocycles. The third-order valence-corrected chi connectivity index (χ3v) is 7.06. The van der Waals surface area contributed by atoms with E-state index in [9.17, 15) is 0 Å². The smallest absolute Gasteiger partial charge is 0.00788 e. The first-order chi connectivity index (χ1) is 19.0. The van der Waals surface area contributed by atoms with Crippen LogP contribution in [0.3, 0.4) is 0 Å². The van der Waals surface area contributed by atoms with Crippen molar-refractivity contribution in [1.82, 2.24) is 0 Å². The lowest BCUT2D eigenvalue weighted by molar-refractivity contribution is 0.655. The minimum Gasteiger partial charge on any atom is -0.0874 e. The Hall–Kier alpha value is -2.34. The normalized spacial score (nSPS) is 15.9. The molecule has 0 rings (SSSR count). The molecule has 0 bridgehead atoms. The number of allylic oxidation sites excluding steroid dienone is 18. The maximum atomic E-state index is 2.44. The fraction of sp³-hybridized carbons (Fsp3) is 0.550. The van der Waals surface area contributed by atoms with Crippen molar-refractivity contribution in [3.63, 3.8) is 0 Å². The van der Waals surface area contributed by atoms with Gasteiger partial charge in [-0.15, -0.1) is 0 Å². The van der Waals surface area contributed by atoms with Crippen molar-refractivity contribution in [3.8, 4) is 0 Å². The van der Waals surface area contributed by atoms with Gasteiger partial charge in [-0.2, -0.15) is 0 Å². The Labute approximate surface area is 251 Å². The summed E-state index contributed by atoms with van der Waals surface area (Å²) in [5.74, 6) is 1.63. The van der Waals surface area contributed by atoms with E-state index in [1.54, 1.807) is 0 Å². The molecular formula is C40H64. The summed E-state index contributed by atoms with van der Waals surface area (Å²) in [6.07, 6.45) is 40.5. The predicted octanol–water partition coefficient (Wildman–Crippen LogP) is 13.4. The molecule has 0 aliphatic carbocycles. The summed E-state index contributed by atoms with van der Waals surface area (Å²) < 4.78 is 0. The van der Waals surface area contributed by atoms with Crippen molar-refractivity contribution in [3.05, 3.63) is 107 Å². The second-order valence-electron chi connectivity index (χ2n) is 12.5. The van der Waals surface area contributed by atoms with Crippen LogP contribution in [0.4, 0.5) is 0 Å². The molecule has 224 valence electrons. The molecule has 0 spiro atoms. The van der Waals surface area contributed by atoms with Gasteiger partial charge < -0.3 is 0 Å². The average molecular weight is 545 g/mol. The summed E-state index contributed by atoms with van der Waals surface area (Å²) in [7, 11) is 0. The third-order valence-electron chi connectivity index (χ3n) is 7.06. The van der Waals surface area contributed by atoms with Crippen LogP contribution >= 0.6 is 0 Å². The lowest BCUT2D eigenvalue weighted by Gasteiger charge is -2.05. The quantitative estimate of drug-likeness (QED) is 0.106. The second kappa shape index (κ2) is 24.5. The molecule has 0 N–H and O–H groups in total. The van der Waals surface area contributed by atoms with Gasteiger partial charge in [0.1, 0.15) is 0 Å². The maximum Gasteiger partial charge on any atom is -0.00788 e. The maximum absolute atomic E-state index is 2.44. The number of rotatable bonds is 20. The molecule has 0 heteroatoms.